The molecule has 3 aromatic rings. The lowest BCUT2D eigenvalue weighted by Gasteiger charge is -2.21. The Balaban J connectivity index is 1.79. The first-order chi connectivity index (χ1) is 13.2. The highest BCUT2D eigenvalue weighted by Crippen LogP contribution is 2.21. The van der Waals surface area contributed by atoms with Gasteiger partial charge in [0.1, 0.15) is 11.8 Å². The Morgan fingerprint density at radius 2 is 1.85 bits per heavy atom. The number of para-hydroxylation sites is 1. The van der Waals surface area contributed by atoms with E-state index in [0.717, 1.165) is 5.56 Å². The number of rotatable bonds is 6. The molecule has 0 saturated carbocycles. The Kier molecular flexibility index (Phi) is 5.80. The lowest BCUT2D eigenvalue weighted by molar-refractivity contribution is 0.0746. The minimum atomic E-state index is -0.126. The van der Waals surface area contributed by atoms with Crippen LogP contribution in [-0.2, 0) is 6.54 Å². The molecule has 0 spiro atoms. The molecule has 1 N–H and O–H groups in total. The standard InChI is InChI=1S/C22H20N4O/c1-2-26(16-17-8-4-3-5-9-17)22(27)21-14-19(12-13-24-21)25-20-11-7-6-10-18(20)15-23/h3-14H,2,16H2,1H3,(H,24,25). The summed E-state index contributed by atoms with van der Waals surface area (Å²) >= 11 is 0. The van der Waals surface area contributed by atoms with Crippen LogP contribution in [0.5, 0.6) is 0 Å². The second kappa shape index (κ2) is 8.63. The van der Waals surface area contributed by atoms with E-state index in [0.29, 0.717) is 35.7 Å². The summed E-state index contributed by atoms with van der Waals surface area (Å²) in [5.41, 5.74) is 3.40. The van der Waals surface area contributed by atoms with Crippen molar-refractivity contribution >= 4 is 17.3 Å². The van der Waals surface area contributed by atoms with Crippen molar-refractivity contribution < 1.29 is 4.79 Å². The van der Waals surface area contributed by atoms with Crippen LogP contribution in [0.1, 0.15) is 28.5 Å². The first-order valence-electron chi connectivity index (χ1n) is 8.76. The predicted octanol–water partition coefficient (Wildman–Crippen LogP) is 4.36. The Labute approximate surface area is 158 Å². The van der Waals surface area contributed by atoms with Crippen LogP contribution >= 0.6 is 0 Å². The zero-order valence-electron chi connectivity index (χ0n) is 15.1. The predicted molar refractivity (Wildman–Crippen MR) is 106 cm³/mol. The maximum atomic E-state index is 12.9. The van der Waals surface area contributed by atoms with Crippen LogP contribution in [0.4, 0.5) is 11.4 Å². The number of carbonyl (C=O) groups excluding carboxylic acids is 1. The quantitative estimate of drug-likeness (QED) is 0.712. The molecular weight excluding hydrogens is 336 g/mol. The van der Waals surface area contributed by atoms with Gasteiger partial charge in [0.2, 0.25) is 0 Å². The van der Waals surface area contributed by atoms with Gasteiger partial charge in [-0.2, -0.15) is 5.26 Å². The van der Waals surface area contributed by atoms with E-state index in [1.54, 1.807) is 29.3 Å². The van der Waals surface area contributed by atoms with Gasteiger partial charge >= 0.3 is 0 Å². The van der Waals surface area contributed by atoms with Gasteiger partial charge < -0.3 is 10.2 Å². The summed E-state index contributed by atoms with van der Waals surface area (Å²) in [6, 6.07) is 22.8. The summed E-state index contributed by atoms with van der Waals surface area (Å²) < 4.78 is 0. The Morgan fingerprint density at radius 1 is 1.11 bits per heavy atom. The van der Waals surface area contributed by atoms with Crippen molar-refractivity contribution in [2.45, 2.75) is 13.5 Å². The third kappa shape index (κ3) is 4.50. The van der Waals surface area contributed by atoms with Gasteiger partial charge in [0.15, 0.2) is 0 Å². The van der Waals surface area contributed by atoms with Gasteiger partial charge in [-0.3, -0.25) is 9.78 Å². The fraction of sp³-hybridized carbons (Fsp3) is 0.136. The van der Waals surface area contributed by atoms with Crippen LogP contribution in [0.2, 0.25) is 0 Å². The average molecular weight is 356 g/mol. The van der Waals surface area contributed by atoms with Gasteiger partial charge in [-0.15, -0.1) is 0 Å². The van der Waals surface area contributed by atoms with E-state index >= 15 is 0 Å². The van der Waals surface area contributed by atoms with Crippen molar-refractivity contribution in [3.05, 3.63) is 89.7 Å². The SMILES string of the molecule is CCN(Cc1ccccc1)C(=O)c1cc(Nc2ccccc2C#N)ccn1. The van der Waals surface area contributed by atoms with Crippen LogP contribution in [-0.4, -0.2) is 22.3 Å². The van der Waals surface area contributed by atoms with E-state index in [2.05, 4.69) is 16.4 Å². The fourth-order valence-corrected chi connectivity index (χ4v) is 2.76. The van der Waals surface area contributed by atoms with Crippen molar-refractivity contribution in [2.75, 3.05) is 11.9 Å². The molecule has 3 rings (SSSR count). The summed E-state index contributed by atoms with van der Waals surface area (Å²) in [4.78, 5) is 18.9. The minimum absolute atomic E-state index is 0.126. The van der Waals surface area contributed by atoms with Crippen molar-refractivity contribution in [3.8, 4) is 6.07 Å². The molecule has 0 bridgehead atoms. The summed E-state index contributed by atoms with van der Waals surface area (Å²) in [6.45, 7) is 3.07. The number of benzene rings is 2. The van der Waals surface area contributed by atoms with E-state index in [1.165, 1.54) is 0 Å². The number of carbonyl (C=O) groups is 1. The molecule has 27 heavy (non-hydrogen) atoms. The number of nitrogens with zero attached hydrogens (tertiary/aromatic N) is 3. The van der Waals surface area contributed by atoms with Gasteiger partial charge in [0.05, 0.1) is 11.3 Å². The Morgan fingerprint density at radius 3 is 2.59 bits per heavy atom. The highest BCUT2D eigenvalue weighted by molar-refractivity contribution is 5.93. The molecule has 5 nitrogen and oxygen atoms in total. The van der Waals surface area contributed by atoms with Crippen LogP contribution in [0.3, 0.4) is 0 Å². The van der Waals surface area contributed by atoms with Gasteiger partial charge in [-0.05, 0) is 36.8 Å². The summed E-state index contributed by atoms with van der Waals surface area (Å²) in [7, 11) is 0. The number of aromatic nitrogens is 1. The minimum Gasteiger partial charge on any atom is -0.354 e. The molecule has 1 aromatic heterocycles. The number of pyridine rings is 1. The molecule has 1 heterocycles. The van der Waals surface area contributed by atoms with Crippen molar-refractivity contribution in [2.24, 2.45) is 0 Å². The van der Waals surface area contributed by atoms with E-state index < -0.39 is 0 Å². The highest BCUT2D eigenvalue weighted by atomic mass is 16.2. The number of hydrogen-bond acceptors (Lipinski definition) is 4. The number of amides is 1. The zero-order chi connectivity index (χ0) is 19.1. The van der Waals surface area contributed by atoms with Gasteiger partial charge in [0.25, 0.3) is 5.91 Å². The van der Waals surface area contributed by atoms with Gasteiger partial charge in [-0.25, -0.2) is 0 Å². The Bertz CT molecular complexity index is 963. The van der Waals surface area contributed by atoms with Crippen molar-refractivity contribution in [1.82, 2.24) is 9.88 Å². The number of nitrogens with one attached hydrogen (secondary N) is 1. The van der Waals surface area contributed by atoms with Gasteiger partial charge in [-0.1, -0.05) is 42.5 Å². The second-order valence-electron chi connectivity index (χ2n) is 6.02. The van der Waals surface area contributed by atoms with E-state index in [1.807, 2.05) is 55.5 Å². The van der Waals surface area contributed by atoms with Crippen LogP contribution < -0.4 is 5.32 Å². The topological polar surface area (TPSA) is 69.0 Å². The Hall–Kier alpha value is -3.65. The molecular formula is C22H20N4O. The number of nitriles is 1. The monoisotopic (exact) mass is 356 g/mol. The number of anilines is 2. The van der Waals surface area contributed by atoms with E-state index in [9.17, 15) is 10.1 Å². The average Bonchev–Trinajstić information content (AvgIpc) is 2.73. The van der Waals surface area contributed by atoms with Crippen LogP contribution in [0.15, 0.2) is 72.9 Å². The zero-order valence-corrected chi connectivity index (χ0v) is 15.1. The lowest BCUT2D eigenvalue weighted by Crippen LogP contribution is -2.31. The van der Waals surface area contributed by atoms with Crippen molar-refractivity contribution in [3.63, 3.8) is 0 Å². The molecule has 5 heteroatoms. The molecule has 0 atom stereocenters. The second-order valence-corrected chi connectivity index (χ2v) is 6.02. The third-order valence-corrected chi connectivity index (χ3v) is 4.19. The summed E-state index contributed by atoms with van der Waals surface area (Å²) in [5.74, 6) is -0.126. The van der Waals surface area contributed by atoms with Crippen LogP contribution in [0, 0.1) is 11.3 Å². The summed E-state index contributed by atoms with van der Waals surface area (Å²) in [6.07, 6.45) is 1.60. The third-order valence-electron chi connectivity index (χ3n) is 4.19. The molecule has 0 saturated heterocycles. The molecule has 0 aliphatic carbocycles. The molecule has 0 fully saturated rings. The molecule has 2 aromatic carbocycles. The molecule has 0 unspecified atom stereocenters. The van der Waals surface area contributed by atoms with Crippen LogP contribution in [0.25, 0.3) is 0 Å². The highest BCUT2D eigenvalue weighted by Gasteiger charge is 2.16. The molecule has 0 aliphatic heterocycles. The fourth-order valence-electron chi connectivity index (χ4n) is 2.76. The van der Waals surface area contributed by atoms with E-state index in [4.69, 9.17) is 0 Å². The molecule has 0 radical (unpaired) electrons. The number of hydrogen-bond donors (Lipinski definition) is 1. The van der Waals surface area contributed by atoms with E-state index in [-0.39, 0.29) is 5.91 Å². The largest absolute Gasteiger partial charge is 0.354 e. The van der Waals surface area contributed by atoms with Gasteiger partial charge in [0, 0.05) is 25.0 Å². The van der Waals surface area contributed by atoms with Crippen molar-refractivity contribution in [1.29, 1.82) is 5.26 Å². The molecule has 1 amide bonds. The lowest BCUT2D eigenvalue weighted by atomic mass is 10.2. The summed E-state index contributed by atoms with van der Waals surface area (Å²) in [5, 5.41) is 12.4. The molecule has 134 valence electrons. The normalized spacial score (nSPS) is 10.1. The first kappa shape index (κ1) is 18.2. The maximum absolute atomic E-state index is 12.9. The molecule has 0 aliphatic rings. The smallest absolute Gasteiger partial charge is 0.272 e. The maximum Gasteiger partial charge on any atom is 0.272 e. The first-order valence-corrected chi connectivity index (χ1v) is 8.76.